The molecule has 1 aliphatic carbocycles. The highest BCUT2D eigenvalue weighted by Gasteiger charge is 2.52. The maximum Gasteiger partial charge on any atom is 0.494 e. The quantitative estimate of drug-likeness (QED) is 0.662. The first kappa shape index (κ1) is 11.9. The summed E-state index contributed by atoms with van der Waals surface area (Å²) in [6.45, 7) is 8.23. The van der Waals surface area contributed by atoms with Gasteiger partial charge in [0.05, 0.1) is 16.9 Å². The van der Waals surface area contributed by atoms with Gasteiger partial charge in [-0.1, -0.05) is 12.2 Å². The predicted molar refractivity (Wildman–Crippen MR) is 73.0 cm³/mol. The van der Waals surface area contributed by atoms with Crippen molar-refractivity contribution in [2.75, 3.05) is 0 Å². The summed E-state index contributed by atoms with van der Waals surface area (Å²) in [4.78, 5) is 8.47. The Labute approximate surface area is 108 Å². The molecule has 0 aromatic rings. The van der Waals surface area contributed by atoms with E-state index in [9.17, 15) is 0 Å². The lowest BCUT2D eigenvalue weighted by Gasteiger charge is -2.32. The SMILES string of the molecule is CC1(C)OB(C2=C[C@@H]3N=CN=C3C=C2)OC1(C)C. The Morgan fingerprint density at radius 2 is 1.78 bits per heavy atom. The molecule has 0 aromatic heterocycles. The van der Waals surface area contributed by atoms with Crippen LogP contribution in [0.15, 0.2) is 33.7 Å². The molecule has 0 aromatic carbocycles. The molecule has 1 saturated heterocycles. The van der Waals surface area contributed by atoms with Gasteiger partial charge in [0.1, 0.15) is 12.4 Å². The van der Waals surface area contributed by atoms with Crippen molar-refractivity contribution in [3.8, 4) is 0 Å². The van der Waals surface area contributed by atoms with E-state index in [-0.39, 0.29) is 24.4 Å². The van der Waals surface area contributed by atoms with Crippen molar-refractivity contribution in [1.82, 2.24) is 0 Å². The lowest BCUT2D eigenvalue weighted by atomic mass is 9.75. The molecule has 1 fully saturated rings. The Morgan fingerprint density at radius 3 is 2.44 bits per heavy atom. The van der Waals surface area contributed by atoms with Crippen LogP contribution in [0.3, 0.4) is 0 Å². The van der Waals surface area contributed by atoms with E-state index in [0.29, 0.717) is 0 Å². The lowest BCUT2D eigenvalue weighted by Crippen LogP contribution is -2.41. The third-order valence-corrected chi connectivity index (χ3v) is 4.06. The van der Waals surface area contributed by atoms with Crippen molar-refractivity contribution in [3.63, 3.8) is 0 Å². The molecule has 0 bridgehead atoms. The van der Waals surface area contributed by atoms with Gasteiger partial charge in [0.25, 0.3) is 0 Å². The van der Waals surface area contributed by atoms with E-state index in [1.807, 2.05) is 12.2 Å². The van der Waals surface area contributed by atoms with Crippen LogP contribution in [0.5, 0.6) is 0 Å². The first-order valence-electron chi connectivity index (χ1n) is 6.24. The zero-order chi connectivity index (χ0) is 13.0. The summed E-state index contributed by atoms with van der Waals surface area (Å²) < 4.78 is 12.0. The minimum absolute atomic E-state index is 0.0315. The highest BCUT2D eigenvalue weighted by atomic mass is 16.7. The molecule has 4 nitrogen and oxygen atoms in total. The minimum Gasteiger partial charge on any atom is -0.399 e. The van der Waals surface area contributed by atoms with Gasteiger partial charge in [-0.15, -0.1) is 0 Å². The molecule has 2 heterocycles. The highest BCUT2D eigenvalue weighted by Crippen LogP contribution is 2.39. The van der Waals surface area contributed by atoms with Crippen molar-refractivity contribution < 1.29 is 9.31 Å². The zero-order valence-electron chi connectivity index (χ0n) is 11.2. The van der Waals surface area contributed by atoms with Gasteiger partial charge in [0.2, 0.25) is 0 Å². The van der Waals surface area contributed by atoms with Gasteiger partial charge in [-0.2, -0.15) is 0 Å². The molecule has 0 amide bonds. The average molecular weight is 244 g/mol. The van der Waals surface area contributed by atoms with Crippen LogP contribution in [0, 0.1) is 0 Å². The van der Waals surface area contributed by atoms with Gasteiger partial charge in [-0.3, -0.25) is 4.99 Å². The third-order valence-electron chi connectivity index (χ3n) is 4.06. The molecule has 3 aliphatic rings. The van der Waals surface area contributed by atoms with Crippen molar-refractivity contribution in [2.24, 2.45) is 9.98 Å². The Morgan fingerprint density at radius 1 is 1.11 bits per heavy atom. The van der Waals surface area contributed by atoms with Gasteiger partial charge < -0.3 is 9.31 Å². The van der Waals surface area contributed by atoms with Crippen molar-refractivity contribution >= 4 is 19.2 Å². The molecule has 0 unspecified atom stereocenters. The van der Waals surface area contributed by atoms with Gasteiger partial charge in [-0.05, 0) is 39.2 Å². The maximum atomic E-state index is 6.02. The van der Waals surface area contributed by atoms with E-state index in [1.54, 1.807) is 6.34 Å². The number of aliphatic imine (C=N–C) groups is 2. The van der Waals surface area contributed by atoms with Crippen LogP contribution in [0.25, 0.3) is 0 Å². The second-order valence-electron chi connectivity index (χ2n) is 5.85. The van der Waals surface area contributed by atoms with Crippen molar-refractivity contribution in [2.45, 2.75) is 44.9 Å². The van der Waals surface area contributed by atoms with Crippen LogP contribution in [0.1, 0.15) is 27.7 Å². The Kier molecular flexibility index (Phi) is 2.41. The molecular formula is C13H17BN2O2. The average Bonchev–Trinajstić information content (AvgIpc) is 2.80. The predicted octanol–water partition coefficient (Wildman–Crippen LogP) is 1.97. The summed E-state index contributed by atoms with van der Waals surface area (Å²) in [6.07, 6.45) is 7.66. The number of hydrogen-bond acceptors (Lipinski definition) is 4. The molecule has 0 spiro atoms. The van der Waals surface area contributed by atoms with E-state index in [0.717, 1.165) is 11.2 Å². The summed E-state index contributed by atoms with van der Waals surface area (Å²) in [6, 6.07) is 0.0315. The summed E-state index contributed by atoms with van der Waals surface area (Å²) >= 11 is 0. The zero-order valence-corrected chi connectivity index (χ0v) is 11.2. The normalized spacial score (nSPS) is 31.3. The number of nitrogens with zero attached hydrogens (tertiary/aromatic N) is 2. The molecule has 2 aliphatic heterocycles. The van der Waals surface area contributed by atoms with Crippen LogP contribution in [-0.4, -0.2) is 36.4 Å². The molecule has 0 N–H and O–H groups in total. The van der Waals surface area contributed by atoms with E-state index in [4.69, 9.17) is 9.31 Å². The van der Waals surface area contributed by atoms with Gasteiger partial charge in [0.15, 0.2) is 0 Å². The fourth-order valence-corrected chi connectivity index (χ4v) is 2.15. The molecule has 3 rings (SSSR count). The largest absolute Gasteiger partial charge is 0.494 e. The van der Waals surface area contributed by atoms with E-state index in [2.05, 4.69) is 43.8 Å². The fourth-order valence-electron chi connectivity index (χ4n) is 2.15. The van der Waals surface area contributed by atoms with Crippen LogP contribution < -0.4 is 0 Å². The lowest BCUT2D eigenvalue weighted by molar-refractivity contribution is 0.00578. The summed E-state index contributed by atoms with van der Waals surface area (Å²) in [7, 11) is -0.316. The summed E-state index contributed by atoms with van der Waals surface area (Å²) in [5.74, 6) is 0. The smallest absolute Gasteiger partial charge is 0.399 e. The van der Waals surface area contributed by atoms with Gasteiger partial charge in [0, 0.05) is 0 Å². The maximum absolute atomic E-state index is 6.02. The molecule has 0 radical (unpaired) electrons. The van der Waals surface area contributed by atoms with Crippen LogP contribution >= 0.6 is 0 Å². The molecule has 5 heteroatoms. The first-order valence-corrected chi connectivity index (χ1v) is 6.24. The Balaban J connectivity index is 1.84. The van der Waals surface area contributed by atoms with Crippen molar-refractivity contribution in [3.05, 3.63) is 23.7 Å². The fraction of sp³-hybridized carbons (Fsp3) is 0.538. The Hall–Kier alpha value is -1.20. The summed E-state index contributed by atoms with van der Waals surface area (Å²) in [5.41, 5.74) is 1.39. The van der Waals surface area contributed by atoms with Gasteiger partial charge in [-0.25, -0.2) is 4.99 Å². The second-order valence-corrected chi connectivity index (χ2v) is 5.85. The number of rotatable bonds is 1. The number of fused-ring (bicyclic) bond motifs is 1. The molecule has 1 atom stereocenters. The first-order chi connectivity index (χ1) is 8.39. The molecule has 18 heavy (non-hydrogen) atoms. The molecule has 94 valence electrons. The number of allylic oxidation sites excluding steroid dienone is 2. The highest BCUT2D eigenvalue weighted by molar-refractivity contribution is 6.56. The monoisotopic (exact) mass is 244 g/mol. The number of hydrogen-bond donors (Lipinski definition) is 0. The Bertz CT molecular complexity index is 487. The topological polar surface area (TPSA) is 43.2 Å². The minimum atomic E-state index is -0.316. The van der Waals surface area contributed by atoms with E-state index >= 15 is 0 Å². The third kappa shape index (κ3) is 1.69. The second kappa shape index (κ2) is 3.65. The standard InChI is InChI=1S/C13H17BN2O2/c1-12(2)13(3,4)18-14(17-12)9-5-6-10-11(7-9)16-8-15-10/h5-8,11H,1-4H3/t11-/m0/s1. The van der Waals surface area contributed by atoms with Crippen molar-refractivity contribution in [1.29, 1.82) is 0 Å². The van der Waals surface area contributed by atoms with E-state index in [1.165, 1.54) is 0 Å². The van der Waals surface area contributed by atoms with Crippen LogP contribution in [0.2, 0.25) is 0 Å². The van der Waals surface area contributed by atoms with Crippen LogP contribution in [-0.2, 0) is 9.31 Å². The molecule has 0 saturated carbocycles. The van der Waals surface area contributed by atoms with Crippen LogP contribution in [0.4, 0.5) is 0 Å². The van der Waals surface area contributed by atoms with E-state index < -0.39 is 0 Å². The molecular weight excluding hydrogens is 227 g/mol. The summed E-state index contributed by atoms with van der Waals surface area (Å²) in [5, 5.41) is 0. The van der Waals surface area contributed by atoms with Gasteiger partial charge >= 0.3 is 7.12 Å².